The first-order valence-corrected chi connectivity index (χ1v) is 8.59. The maximum atomic E-state index is 11.5. The number of fused-ring (bicyclic) bond motifs is 1. The van der Waals surface area contributed by atoms with Gasteiger partial charge in [0.15, 0.2) is 0 Å². The second-order valence-electron chi connectivity index (χ2n) is 4.32. The zero-order valence-corrected chi connectivity index (χ0v) is 12.9. The number of hydrogen-bond acceptors (Lipinski definition) is 4. The van der Waals surface area contributed by atoms with Crippen molar-refractivity contribution in [3.63, 3.8) is 0 Å². The van der Waals surface area contributed by atoms with Crippen LogP contribution in [0.1, 0.15) is 36.9 Å². The second kappa shape index (κ2) is 5.19. The lowest BCUT2D eigenvalue weighted by Gasteiger charge is -2.11. The van der Waals surface area contributed by atoms with E-state index in [1.807, 2.05) is 20.8 Å². The van der Waals surface area contributed by atoms with Crippen molar-refractivity contribution in [3.8, 4) is 0 Å². The van der Waals surface area contributed by atoms with Crippen LogP contribution in [0.3, 0.4) is 0 Å². The van der Waals surface area contributed by atoms with Gasteiger partial charge in [0, 0.05) is 0 Å². The predicted octanol–water partition coefficient (Wildman–Crippen LogP) is 3.23. The van der Waals surface area contributed by atoms with Gasteiger partial charge in [-0.25, -0.2) is 4.98 Å². The molecule has 0 aliphatic heterocycles. The third-order valence-corrected chi connectivity index (χ3v) is 5.26. The Morgan fingerprint density at radius 1 is 1.16 bits per heavy atom. The summed E-state index contributed by atoms with van der Waals surface area (Å²) in [6.07, 6.45) is 2.09. The lowest BCUT2D eigenvalue weighted by Crippen LogP contribution is -2.06. The van der Waals surface area contributed by atoms with Crippen LogP contribution in [0.2, 0.25) is 0 Å². The van der Waals surface area contributed by atoms with E-state index in [1.165, 1.54) is 11.3 Å². The summed E-state index contributed by atoms with van der Waals surface area (Å²) in [7, 11) is -4.19. The maximum Gasteiger partial charge on any atom is 0.294 e. The van der Waals surface area contributed by atoms with Gasteiger partial charge in [-0.1, -0.05) is 20.8 Å². The molecule has 0 aliphatic rings. The van der Waals surface area contributed by atoms with Gasteiger partial charge in [0.25, 0.3) is 10.1 Å². The molecule has 0 spiro atoms. The van der Waals surface area contributed by atoms with Crippen LogP contribution in [0.15, 0.2) is 11.0 Å². The topological polar surface area (TPSA) is 67.3 Å². The fourth-order valence-electron chi connectivity index (χ4n) is 2.34. The van der Waals surface area contributed by atoms with E-state index < -0.39 is 10.1 Å². The molecule has 2 rings (SSSR count). The van der Waals surface area contributed by atoms with E-state index in [9.17, 15) is 13.0 Å². The number of nitrogens with zero attached hydrogens (tertiary/aromatic N) is 1. The first kappa shape index (κ1) is 14.4. The molecule has 0 radical (unpaired) electrons. The Bertz CT molecular complexity index is 717. The van der Waals surface area contributed by atoms with E-state index in [0.29, 0.717) is 18.4 Å². The smallest absolute Gasteiger partial charge is 0.282 e. The van der Waals surface area contributed by atoms with Crippen LogP contribution in [0.4, 0.5) is 0 Å². The van der Waals surface area contributed by atoms with Gasteiger partial charge >= 0.3 is 0 Å². The molecule has 1 heterocycles. The third-order valence-electron chi connectivity index (χ3n) is 3.19. The monoisotopic (exact) mass is 299 g/mol. The van der Waals surface area contributed by atoms with Crippen molar-refractivity contribution in [3.05, 3.63) is 22.2 Å². The van der Waals surface area contributed by atoms with Crippen LogP contribution in [0.5, 0.6) is 0 Å². The van der Waals surface area contributed by atoms with Crippen LogP contribution in [0, 0.1) is 0 Å². The number of rotatable bonds is 4. The lowest BCUT2D eigenvalue weighted by molar-refractivity contribution is 0.482. The van der Waals surface area contributed by atoms with Crippen LogP contribution in [-0.4, -0.2) is 18.0 Å². The molecule has 2 aromatic rings. The second-order valence-corrected chi connectivity index (χ2v) is 6.83. The summed E-state index contributed by atoms with van der Waals surface area (Å²) >= 11 is 1.49. The Balaban J connectivity index is 2.91. The fraction of sp³-hybridized carbons (Fsp3) is 0.462. The Labute approximate surface area is 117 Å². The molecule has 0 fully saturated rings. The summed E-state index contributed by atoms with van der Waals surface area (Å²) < 4.78 is 33.3. The van der Waals surface area contributed by atoms with E-state index >= 15 is 0 Å². The van der Waals surface area contributed by atoms with Crippen LogP contribution >= 0.6 is 11.3 Å². The van der Waals surface area contributed by atoms with Crippen molar-refractivity contribution in [2.45, 2.75) is 44.9 Å². The Morgan fingerprint density at radius 2 is 1.79 bits per heavy atom. The molecule has 0 amide bonds. The van der Waals surface area contributed by atoms with Gasteiger partial charge in [0.05, 0.1) is 20.1 Å². The van der Waals surface area contributed by atoms with E-state index in [0.717, 1.165) is 27.2 Å². The molecule has 0 saturated carbocycles. The van der Waals surface area contributed by atoms with Gasteiger partial charge in [-0.05, 0) is 36.5 Å². The minimum atomic E-state index is -4.19. The standard InChI is InChI=1S/C13H17NO3S2/c1-4-8-9(5-2)13-10(18-12(6-3)14-13)7-11(8)19(15,16)17/h7H,4-6H2,1-3H3,(H,15,16,17). The molecule has 0 bridgehead atoms. The van der Waals surface area contributed by atoms with E-state index in [-0.39, 0.29) is 4.90 Å². The van der Waals surface area contributed by atoms with E-state index in [2.05, 4.69) is 4.98 Å². The molecule has 104 valence electrons. The molecule has 0 aliphatic carbocycles. The molecule has 4 nitrogen and oxygen atoms in total. The predicted molar refractivity (Wildman–Crippen MR) is 77.6 cm³/mol. The molecule has 1 N–H and O–H groups in total. The Morgan fingerprint density at radius 3 is 2.26 bits per heavy atom. The molecular formula is C13H17NO3S2. The first-order chi connectivity index (χ1) is 8.92. The summed E-state index contributed by atoms with van der Waals surface area (Å²) in [5.74, 6) is 0. The zero-order valence-electron chi connectivity index (χ0n) is 11.2. The van der Waals surface area contributed by atoms with Gasteiger partial charge < -0.3 is 0 Å². The SMILES string of the molecule is CCc1nc2c(CC)c(CC)c(S(=O)(=O)O)cc2s1. The summed E-state index contributed by atoms with van der Waals surface area (Å²) in [6, 6.07) is 1.56. The van der Waals surface area contributed by atoms with Gasteiger partial charge in [0.2, 0.25) is 0 Å². The highest BCUT2D eigenvalue weighted by atomic mass is 32.2. The minimum Gasteiger partial charge on any atom is -0.282 e. The van der Waals surface area contributed by atoms with Gasteiger partial charge in [-0.15, -0.1) is 11.3 Å². The highest BCUT2D eigenvalue weighted by Crippen LogP contribution is 2.33. The first-order valence-electron chi connectivity index (χ1n) is 6.33. The molecule has 19 heavy (non-hydrogen) atoms. The van der Waals surface area contributed by atoms with E-state index in [1.54, 1.807) is 6.07 Å². The maximum absolute atomic E-state index is 11.5. The summed E-state index contributed by atoms with van der Waals surface area (Å²) in [5.41, 5.74) is 2.50. The summed E-state index contributed by atoms with van der Waals surface area (Å²) in [5, 5.41) is 0.985. The summed E-state index contributed by atoms with van der Waals surface area (Å²) in [4.78, 5) is 4.61. The van der Waals surface area contributed by atoms with Crippen LogP contribution in [-0.2, 0) is 29.4 Å². The molecule has 1 aromatic carbocycles. The van der Waals surface area contributed by atoms with E-state index in [4.69, 9.17) is 0 Å². The Hall–Kier alpha value is -0.980. The average molecular weight is 299 g/mol. The van der Waals surface area contributed by atoms with Gasteiger partial charge in [-0.2, -0.15) is 8.42 Å². The van der Waals surface area contributed by atoms with Crippen LogP contribution < -0.4 is 0 Å². The molecule has 0 saturated heterocycles. The molecule has 0 unspecified atom stereocenters. The van der Waals surface area contributed by atoms with Crippen molar-refractivity contribution >= 4 is 31.7 Å². The minimum absolute atomic E-state index is 0.0330. The van der Waals surface area contributed by atoms with Crippen molar-refractivity contribution in [2.75, 3.05) is 0 Å². The van der Waals surface area contributed by atoms with Gasteiger partial charge in [-0.3, -0.25) is 4.55 Å². The molecular weight excluding hydrogens is 282 g/mol. The highest BCUT2D eigenvalue weighted by molar-refractivity contribution is 7.86. The van der Waals surface area contributed by atoms with Crippen LogP contribution in [0.25, 0.3) is 10.2 Å². The number of aromatic nitrogens is 1. The third kappa shape index (κ3) is 2.52. The van der Waals surface area contributed by atoms with Gasteiger partial charge in [0.1, 0.15) is 0 Å². The lowest BCUT2D eigenvalue weighted by atomic mass is 10.0. The zero-order chi connectivity index (χ0) is 14.2. The van der Waals surface area contributed by atoms with Crippen molar-refractivity contribution in [2.24, 2.45) is 0 Å². The number of aryl methyl sites for hydroxylation is 2. The summed E-state index contributed by atoms with van der Waals surface area (Å²) in [6.45, 7) is 5.89. The molecule has 6 heteroatoms. The Kier molecular flexibility index (Phi) is 3.94. The van der Waals surface area contributed by atoms with Crippen molar-refractivity contribution < 1.29 is 13.0 Å². The normalized spacial score (nSPS) is 12.2. The highest BCUT2D eigenvalue weighted by Gasteiger charge is 2.21. The average Bonchev–Trinajstić information content (AvgIpc) is 2.77. The largest absolute Gasteiger partial charge is 0.294 e. The number of benzene rings is 1. The molecule has 1 aromatic heterocycles. The quantitative estimate of drug-likeness (QED) is 0.880. The number of thiazole rings is 1. The fourth-order valence-corrected chi connectivity index (χ4v) is 4.24. The van der Waals surface area contributed by atoms with Crippen molar-refractivity contribution in [1.29, 1.82) is 0 Å². The number of hydrogen-bond donors (Lipinski definition) is 1. The van der Waals surface area contributed by atoms with Crippen molar-refractivity contribution in [1.82, 2.24) is 4.98 Å². The molecule has 0 atom stereocenters.